The van der Waals surface area contributed by atoms with E-state index in [0.29, 0.717) is 0 Å². The van der Waals surface area contributed by atoms with Gasteiger partial charge in [-0.1, -0.05) is 12.2 Å². The molecule has 0 spiro atoms. The molecule has 46 valence electrons. The quantitative estimate of drug-likeness (QED) is 0.496. The van der Waals surface area contributed by atoms with Crippen molar-refractivity contribution in [1.82, 2.24) is 5.48 Å². The van der Waals surface area contributed by atoms with Gasteiger partial charge in [0.1, 0.15) is 4.99 Å². The fourth-order valence-corrected chi connectivity index (χ4v) is 1.04. The molecule has 0 atom stereocenters. The van der Waals surface area contributed by atoms with Crippen molar-refractivity contribution in [3.63, 3.8) is 0 Å². The standard InChI is InChI=1S/C5H9NOS/c1-5(2)3-4(8)6-7-5/h3H2,1-2H3,(H,6,8). The van der Waals surface area contributed by atoms with E-state index in [2.05, 4.69) is 5.48 Å². The molecule has 8 heavy (non-hydrogen) atoms. The van der Waals surface area contributed by atoms with Crippen LogP contribution in [0.3, 0.4) is 0 Å². The Kier molecular flexibility index (Phi) is 1.25. The summed E-state index contributed by atoms with van der Waals surface area (Å²) in [7, 11) is 0. The van der Waals surface area contributed by atoms with Crippen LogP contribution in [0.25, 0.3) is 0 Å². The first-order valence-corrected chi connectivity index (χ1v) is 2.98. The Morgan fingerprint density at radius 3 is 2.50 bits per heavy atom. The van der Waals surface area contributed by atoms with E-state index in [0.717, 1.165) is 11.4 Å². The van der Waals surface area contributed by atoms with E-state index in [1.54, 1.807) is 0 Å². The summed E-state index contributed by atoms with van der Waals surface area (Å²) in [5, 5.41) is 0. The topological polar surface area (TPSA) is 21.3 Å². The molecule has 0 aromatic heterocycles. The van der Waals surface area contributed by atoms with Crippen LogP contribution >= 0.6 is 12.2 Å². The number of hydrogen-bond donors (Lipinski definition) is 1. The van der Waals surface area contributed by atoms with Gasteiger partial charge in [0.25, 0.3) is 0 Å². The lowest BCUT2D eigenvalue weighted by atomic mass is 10.1. The Balaban J connectivity index is 2.56. The summed E-state index contributed by atoms with van der Waals surface area (Å²) in [6.45, 7) is 4.00. The van der Waals surface area contributed by atoms with Crippen molar-refractivity contribution < 1.29 is 4.84 Å². The van der Waals surface area contributed by atoms with Gasteiger partial charge in [-0.25, -0.2) is 0 Å². The van der Waals surface area contributed by atoms with Gasteiger partial charge in [0.2, 0.25) is 0 Å². The molecule has 0 unspecified atom stereocenters. The van der Waals surface area contributed by atoms with Gasteiger partial charge in [-0.2, -0.15) is 0 Å². The Bertz CT molecular complexity index is 122. The number of rotatable bonds is 0. The van der Waals surface area contributed by atoms with Crippen LogP contribution in [0, 0.1) is 0 Å². The monoisotopic (exact) mass is 131 g/mol. The van der Waals surface area contributed by atoms with Gasteiger partial charge >= 0.3 is 0 Å². The van der Waals surface area contributed by atoms with Crippen LogP contribution in [-0.4, -0.2) is 10.6 Å². The smallest absolute Gasteiger partial charge is 0.103 e. The SMILES string of the molecule is CC1(C)CC(=S)NO1. The summed E-state index contributed by atoms with van der Waals surface area (Å²) in [5.41, 5.74) is 2.55. The van der Waals surface area contributed by atoms with Crippen molar-refractivity contribution in [2.75, 3.05) is 0 Å². The van der Waals surface area contributed by atoms with Crippen molar-refractivity contribution in [2.24, 2.45) is 0 Å². The molecule has 1 rings (SSSR count). The lowest BCUT2D eigenvalue weighted by Gasteiger charge is -2.11. The molecule has 1 saturated heterocycles. The van der Waals surface area contributed by atoms with Gasteiger partial charge < -0.3 is 0 Å². The normalized spacial score (nSPS) is 25.5. The third-order valence-corrected chi connectivity index (χ3v) is 1.26. The number of nitrogens with one attached hydrogen (secondary N) is 1. The average molecular weight is 131 g/mol. The van der Waals surface area contributed by atoms with Crippen LogP contribution < -0.4 is 5.48 Å². The predicted octanol–water partition coefficient (Wildman–Crippen LogP) is 1.02. The predicted molar refractivity (Wildman–Crippen MR) is 35.5 cm³/mol. The van der Waals surface area contributed by atoms with Gasteiger partial charge in [0.15, 0.2) is 0 Å². The van der Waals surface area contributed by atoms with E-state index >= 15 is 0 Å². The highest BCUT2D eigenvalue weighted by Gasteiger charge is 2.27. The molecule has 0 amide bonds. The maximum Gasteiger partial charge on any atom is 0.103 e. The Hall–Kier alpha value is -0.150. The summed E-state index contributed by atoms with van der Waals surface area (Å²) >= 11 is 4.83. The molecular weight excluding hydrogens is 122 g/mol. The number of thiocarbonyl (C=S) groups is 1. The summed E-state index contributed by atoms with van der Waals surface area (Å²) < 4.78 is 0. The second-order valence-electron chi connectivity index (χ2n) is 2.56. The molecule has 0 aliphatic carbocycles. The Morgan fingerprint density at radius 2 is 2.38 bits per heavy atom. The first-order valence-electron chi connectivity index (χ1n) is 2.57. The summed E-state index contributed by atoms with van der Waals surface area (Å²) in [4.78, 5) is 5.86. The molecule has 0 bridgehead atoms. The van der Waals surface area contributed by atoms with Gasteiger partial charge in [-0.3, -0.25) is 10.3 Å². The minimum Gasteiger partial charge on any atom is -0.269 e. The first kappa shape index (κ1) is 5.98. The zero-order valence-electron chi connectivity index (χ0n) is 5.02. The minimum absolute atomic E-state index is 0.0862. The third kappa shape index (κ3) is 1.17. The van der Waals surface area contributed by atoms with Crippen molar-refractivity contribution in [3.05, 3.63) is 0 Å². The second kappa shape index (κ2) is 1.67. The highest BCUT2D eigenvalue weighted by Crippen LogP contribution is 2.18. The highest BCUT2D eigenvalue weighted by atomic mass is 32.1. The van der Waals surface area contributed by atoms with Gasteiger partial charge in [-0.15, -0.1) is 0 Å². The Labute approximate surface area is 54.2 Å². The van der Waals surface area contributed by atoms with Crippen LogP contribution in [-0.2, 0) is 4.84 Å². The largest absolute Gasteiger partial charge is 0.269 e. The molecule has 2 nitrogen and oxygen atoms in total. The van der Waals surface area contributed by atoms with Gasteiger partial charge in [0, 0.05) is 6.42 Å². The molecule has 0 radical (unpaired) electrons. The van der Waals surface area contributed by atoms with Crippen LogP contribution in [0.5, 0.6) is 0 Å². The number of hydroxylamine groups is 1. The maximum atomic E-state index is 5.06. The van der Waals surface area contributed by atoms with Crippen molar-refractivity contribution in [1.29, 1.82) is 0 Å². The van der Waals surface area contributed by atoms with Gasteiger partial charge in [-0.05, 0) is 13.8 Å². The molecule has 0 saturated carbocycles. The third-order valence-electron chi connectivity index (χ3n) is 1.03. The van der Waals surface area contributed by atoms with E-state index in [-0.39, 0.29) is 5.60 Å². The molecule has 1 fully saturated rings. The molecule has 0 aromatic rings. The zero-order valence-corrected chi connectivity index (χ0v) is 5.84. The molecule has 1 aliphatic heterocycles. The molecule has 1 heterocycles. The van der Waals surface area contributed by atoms with Crippen LogP contribution in [0.1, 0.15) is 20.3 Å². The van der Waals surface area contributed by atoms with E-state index in [9.17, 15) is 0 Å². The molecule has 1 aliphatic rings. The van der Waals surface area contributed by atoms with Crippen molar-refractivity contribution >= 4 is 17.2 Å². The molecule has 3 heteroatoms. The summed E-state index contributed by atoms with van der Waals surface area (Å²) in [6, 6.07) is 0. The maximum absolute atomic E-state index is 5.06. The van der Waals surface area contributed by atoms with Crippen LogP contribution in [0.4, 0.5) is 0 Å². The average Bonchev–Trinajstić information content (AvgIpc) is 1.82. The van der Waals surface area contributed by atoms with E-state index in [1.165, 1.54) is 0 Å². The second-order valence-corrected chi connectivity index (χ2v) is 3.06. The first-order chi connectivity index (χ1) is 3.60. The van der Waals surface area contributed by atoms with Crippen molar-refractivity contribution in [2.45, 2.75) is 25.9 Å². The van der Waals surface area contributed by atoms with E-state index in [4.69, 9.17) is 17.1 Å². The van der Waals surface area contributed by atoms with E-state index in [1.807, 2.05) is 13.8 Å². The summed E-state index contributed by atoms with van der Waals surface area (Å²) in [6.07, 6.45) is 0.836. The fourth-order valence-electron chi connectivity index (χ4n) is 0.654. The zero-order chi connectivity index (χ0) is 6.20. The fraction of sp³-hybridized carbons (Fsp3) is 0.800. The lowest BCUT2D eigenvalue weighted by Crippen LogP contribution is -2.19. The summed E-state index contributed by atoms with van der Waals surface area (Å²) in [5.74, 6) is 0. The molecule has 1 N–H and O–H groups in total. The minimum atomic E-state index is -0.0862. The van der Waals surface area contributed by atoms with Gasteiger partial charge in [0.05, 0.1) is 5.60 Å². The van der Waals surface area contributed by atoms with Crippen LogP contribution in [0.2, 0.25) is 0 Å². The Morgan fingerprint density at radius 1 is 1.75 bits per heavy atom. The van der Waals surface area contributed by atoms with E-state index < -0.39 is 0 Å². The molecular formula is C5H9NOS. The van der Waals surface area contributed by atoms with Crippen molar-refractivity contribution in [3.8, 4) is 0 Å². The molecule has 0 aromatic carbocycles. The highest BCUT2D eigenvalue weighted by molar-refractivity contribution is 7.80. The number of hydrogen-bond acceptors (Lipinski definition) is 2. The lowest BCUT2D eigenvalue weighted by molar-refractivity contribution is -0.0198. The van der Waals surface area contributed by atoms with Crippen LogP contribution in [0.15, 0.2) is 0 Å².